The number of carboxylic acids is 1. The highest BCUT2D eigenvalue weighted by atomic mass is 16.5. The second-order valence-corrected chi connectivity index (χ2v) is 7.80. The number of hydrogen-bond acceptors (Lipinski definition) is 6. The Bertz CT molecular complexity index is 866. The van der Waals surface area contributed by atoms with Gasteiger partial charge in [0.25, 0.3) is 0 Å². The number of aliphatic carboxylic acids is 1. The Morgan fingerprint density at radius 1 is 1.25 bits per heavy atom. The van der Waals surface area contributed by atoms with E-state index in [1.807, 2.05) is 0 Å². The first-order valence-corrected chi connectivity index (χ1v) is 9.87. The predicted molar refractivity (Wildman–Crippen MR) is 107 cm³/mol. The van der Waals surface area contributed by atoms with Crippen molar-refractivity contribution in [1.82, 2.24) is 9.88 Å². The summed E-state index contributed by atoms with van der Waals surface area (Å²) in [6.45, 7) is 6.69. The third-order valence-electron chi connectivity index (χ3n) is 5.71. The van der Waals surface area contributed by atoms with E-state index in [2.05, 4.69) is 41.0 Å². The van der Waals surface area contributed by atoms with Gasteiger partial charge in [-0.2, -0.15) is 0 Å². The Kier molecular flexibility index (Phi) is 5.48. The summed E-state index contributed by atoms with van der Waals surface area (Å²) in [4.78, 5) is 20.8. The average molecular weight is 385 g/mol. The number of benzene rings is 1. The Morgan fingerprint density at radius 2 is 2.04 bits per heavy atom. The van der Waals surface area contributed by atoms with E-state index >= 15 is 0 Å². The van der Waals surface area contributed by atoms with E-state index in [4.69, 9.17) is 9.72 Å². The van der Waals surface area contributed by atoms with Crippen LogP contribution in [0.15, 0.2) is 24.3 Å². The fourth-order valence-corrected chi connectivity index (χ4v) is 4.11. The molecular weight excluding hydrogens is 358 g/mol. The lowest BCUT2D eigenvalue weighted by Crippen LogP contribution is -2.46. The molecule has 4 rings (SSSR count). The number of aromatic nitrogens is 1. The van der Waals surface area contributed by atoms with Crippen LogP contribution < -0.4 is 4.90 Å². The Balaban J connectivity index is 1.66. The molecule has 0 saturated carbocycles. The molecule has 2 aliphatic rings. The molecule has 1 aromatic heterocycles. The molecule has 2 atom stereocenters. The number of likely N-dealkylation sites (tertiary alicyclic amines) is 1. The Hall–Kier alpha value is -2.22. The van der Waals surface area contributed by atoms with Crippen molar-refractivity contribution in [3.8, 4) is 0 Å². The molecule has 7 heteroatoms. The van der Waals surface area contributed by atoms with Gasteiger partial charge in [-0.25, -0.2) is 4.98 Å². The molecule has 2 aromatic rings. The van der Waals surface area contributed by atoms with Crippen LogP contribution in [0.1, 0.15) is 17.5 Å². The highest BCUT2D eigenvalue weighted by molar-refractivity contribution is 5.82. The van der Waals surface area contributed by atoms with Gasteiger partial charge < -0.3 is 19.8 Å². The molecule has 0 aliphatic carbocycles. The summed E-state index contributed by atoms with van der Waals surface area (Å²) in [5.74, 6) is -0.714. The zero-order valence-electron chi connectivity index (χ0n) is 16.2. The van der Waals surface area contributed by atoms with E-state index in [1.54, 1.807) is 0 Å². The van der Waals surface area contributed by atoms with Crippen molar-refractivity contribution in [3.05, 3.63) is 35.4 Å². The van der Waals surface area contributed by atoms with Crippen LogP contribution in [0.25, 0.3) is 10.9 Å². The first kappa shape index (κ1) is 19.1. The molecular formula is C21H27N3O4. The van der Waals surface area contributed by atoms with Gasteiger partial charge in [-0.15, -0.1) is 0 Å². The molecule has 1 aromatic carbocycles. The largest absolute Gasteiger partial charge is 0.481 e. The topological polar surface area (TPSA) is 86.1 Å². The number of fused-ring (bicyclic) bond motifs is 1. The van der Waals surface area contributed by atoms with Crippen molar-refractivity contribution in [3.63, 3.8) is 0 Å². The molecule has 2 aliphatic heterocycles. The van der Waals surface area contributed by atoms with E-state index < -0.39 is 18.0 Å². The summed E-state index contributed by atoms with van der Waals surface area (Å²) in [6, 6.07) is 8.44. The summed E-state index contributed by atoms with van der Waals surface area (Å²) in [7, 11) is 0. The molecule has 3 heterocycles. The molecule has 2 fully saturated rings. The fraction of sp³-hybridized carbons (Fsp3) is 0.524. The third-order valence-corrected chi connectivity index (χ3v) is 5.71. The van der Waals surface area contributed by atoms with Gasteiger partial charge >= 0.3 is 5.97 Å². The van der Waals surface area contributed by atoms with Crippen LogP contribution in [0.2, 0.25) is 0 Å². The minimum Gasteiger partial charge on any atom is -0.481 e. The smallest absolute Gasteiger partial charge is 0.310 e. The highest BCUT2D eigenvalue weighted by Gasteiger charge is 2.33. The molecule has 0 spiro atoms. The quantitative estimate of drug-likeness (QED) is 0.828. The van der Waals surface area contributed by atoms with Gasteiger partial charge in [0.15, 0.2) is 0 Å². The van der Waals surface area contributed by atoms with E-state index in [1.165, 1.54) is 5.56 Å². The Labute approximate surface area is 164 Å². The highest BCUT2D eigenvalue weighted by Crippen LogP contribution is 2.28. The number of morpholine rings is 1. The van der Waals surface area contributed by atoms with E-state index in [9.17, 15) is 15.0 Å². The number of rotatable bonds is 4. The number of ether oxygens (including phenoxy) is 1. The maximum absolute atomic E-state index is 11.5. The summed E-state index contributed by atoms with van der Waals surface area (Å²) in [5, 5.41) is 20.5. The number of nitrogens with zero attached hydrogens (tertiary/aromatic N) is 3. The molecule has 7 nitrogen and oxygen atoms in total. The summed E-state index contributed by atoms with van der Waals surface area (Å²) < 4.78 is 5.50. The lowest BCUT2D eigenvalue weighted by molar-refractivity contribution is -0.149. The predicted octanol–water partition coefficient (Wildman–Crippen LogP) is 1.65. The molecule has 150 valence electrons. The number of aryl methyl sites for hydroxylation is 1. The van der Waals surface area contributed by atoms with E-state index in [0.29, 0.717) is 39.3 Å². The number of carboxylic acid groups (broad SMARTS) is 1. The van der Waals surface area contributed by atoms with Crippen LogP contribution in [0.5, 0.6) is 0 Å². The van der Waals surface area contributed by atoms with Crippen molar-refractivity contribution >= 4 is 22.7 Å². The van der Waals surface area contributed by atoms with Crippen LogP contribution in [-0.4, -0.2) is 71.6 Å². The fourth-order valence-electron chi connectivity index (χ4n) is 4.11. The normalized spacial score (nSPS) is 23.9. The van der Waals surface area contributed by atoms with Crippen molar-refractivity contribution in [2.24, 2.45) is 5.92 Å². The zero-order valence-corrected chi connectivity index (χ0v) is 16.2. The van der Waals surface area contributed by atoms with Crippen molar-refractivity contribution in [2.75, 3.05) is 44.3 Å². The zero-order chi connectivity index (χ0) is 19.7. The first-order chi connectivity index (χ1) is 13.5. The maximum atomic E-state index is 11.5. The van der Waals surface area contributed by atoms with Gasteiger partial charge in [0, 0.05) is 43.7 Å². The number of hydrogen-bond donors (Lipinski definition) is 2. The number of aliphatic hydroxyl groups is 1. The van der Waals surface area contributed by atoms with Crippen LogP contribution in [-0.2, 0) is 16.1 Å². The molecule has 2 saturated heterocycles. The minimum absolute atomic E-state index is 0.352. The van der Waals surface area contributed by atoms with Gasteiger partial charge in [0.2, 0.25) is 0 Å². The van der Waals surface area contributed by atoms with Crippen molar-refractivity contribution in [1.29, 1.82) is 0 Å². The molecule has 28 heavy (non-hydrogen) atoms. The van der Waals surface area contributed by atoms with Gasteiger partial charge in [-0.3, -0.25) is 9.69 Å². The van der Waals surface area contributed by atoms with Crippen LogP contribution >= 0.6 is 0 Å². The third kappa shape index (κ3) is 3.97. The number of anilines is 1. The second kappa shape index (κ2) is 8.03. The summed E-state index contributed by atoms with van der Waals surface area (Å²) in [6.07, 6.45) is -0.297. The molecule has 0 bridgehead atoms. The van der Waals surface area contributed by atoms with Crippen LogP contribution in [0, 0.1) is 12.8 Å². The maximum Gasteiger partial charge on any atom is 0.310 e. The molecule has 0 radical (unpaired) electrons. The van der Waals surface area contributed by atoms with Gasteiger partial charge in [0.1, 0.15) is 5.82 Å². The molecule has 2 N–H and O–H groups in total. The number of pyridine rings is 1. The molecule has 0 amide bonds. The Morgan fingerprint density at radius 3 is 2.79 bits per heavy atom. The summed E-state index contributed by atoms with van der Waals surface area (Å²) in [5.41, 5.74) is 3.25. The second-order valence-electron chi connectivity index (χ2n) is 7.80. The van der Waals surface area contributed by atoms with E-state index in [-0.39, 0.29) is 0 Å². The van der Waals surface area contributed by atoms with E-state index in [0.717, 1.165) is 35.4 Å². The average Bonchev–Trinajstić information content (AvgIpc) is 2.69. The van der Waals surface area contributed by atoms with Crippen LogP contribution in [0.4, 0.5) is 5.82 Å². The number of aliphatic hydroxyl groups excluding tert-OH is 1. The lowest BCUT2D eigenvalue weighted by Gasteiger charge is -2.35. The van der Waals surface area contributed by atoms with Crippen molar-refractivity contribution < 1.29 is 19.7 Å². The first-order valence-electron chi connectivity index (χ1n) is 9.87. The van der Waals surface area contributed by atoms with Crippen molar-refractivity contribution in [2.45, 2.75) is 26.0 Å². The van der Waals surface area contributed by atoms with Gasteiger partial charge in [-0.1, -0.05) is 12.1 Å². The number of carbonyl (C=O) groups is 1. The van der Waals surface area contributed by atoms with Gasteiger partial charge in [0.05, 0.1) is 30.8 Å². The van der Waals surface area contributed by atoms with Gasteiger partial charge in [-0.05, 0) is 31.0 Å². The monoisotopic (exact) mass is 385 g/mol. The SMILES string of the molecule is Cc1ccc2cc(CN3CC[C@@H](O)[C@H](C(=O)O)C3)c(N3CCOCC3)nc2c1. The summed E-state index contributed by atoms with van der Waals surface area (Å²) >= 11 is 0. The standard InChI is InChI=1S/C21H27N3O4/c1-14-2-3-15-11-16(12-23-5-4-19(25)17(13-23)21(26)27)20(22-18(15)10-14)24-6-8-28-9-7-24/h2-3,10-11,17,19,25H,4-9,12-13H2,1H3,(H,26,27)/t17-,19-/m1/s1. The minimum atomic E-state index is -0.933. The molecule has 0 unspecified atom stereocenters. The number of piperidine rings is 1. The van der Waals surface area contributed by atoms with Crippen LogP contribution in [0.3, 0.4) is 0 Å². The lowest BCUT2D eigenvalue weighted by atomic mass is 9.94.